The maximum atomic E-state index is 12.6. The topological polar surface area (TPSA) is 76.1 Å². The number of nitrogens with zero attached hydrogens (tertiary/aromatic N) is 4. The molecule has 7 heteroatoms. The summed E-state index contributed by atoms with van der Waals surface area (Å²) < 4.78 is 0. The molecule has 0 N–H and O–H groups in total. The number of carbonyl (C=O) groups is 2. The van der Waals surface area contributed by atoms with Crippen LogP contribution in [0.5, 0.6) is 0 Å². The van der Waals surface area contributed by atoms with E-state index in [2.05, 4.69) is 15.0 Å². The third-order valence-corrected chi connectivity index (χ3v) is 5.01. The van der Waals surface area contributed by atoms with Crippen molar-refractivity contribution in [2.45, 2.75) is 24.9 Å². The Hall–Kier alpha value is -2.28. The molecule has 0 spiro atoms. The van der Waals surface area contributed by atoms with Crippen molar-refractivity contribution in [3.8, 4) is 0 Å². The molecule has 2 aromatic rings. The van der Waals surface area contributed by atoms with Gasteiger partial charge in [-0.3, -0.25) is 14.6 Å². The molecule has 1 aliphatic heterocycles. The molecule has 0 radical (unpaired) electrons. The van der Waals surface area contributed by atoms with Gasteiger partial charge in [-0.1, -0.05) is 17.8 Å². The molecule has 1 fully saturated rings. The minimum atomic E-state index is -0.173. The lowest BCUT2D eigenvalue weighted by molar-refractivity contribution is -0.129. The molecule has 1 aliphatic rings. The molecule has 1 saturated heterocycles. The largest absolute Gasteiger partial charge is 0.341 e. The van der Waals surface area contributed by atoms with E-state index in [1.165, 1.54) is 11.8 Å². The molecule has 0 aliphatic carbocycles. The maximum absolute atomic E-state index is 12.6. The summed E-state index contributed by atoms with van der Waals surface area (Å²) in [6, 6.07) is 7.15. The monoisotopic (exact) mass is 356 g/mol. The summed E-state index contributed by atoms with van der Waals surface area (Å²) in [7, 11) is 0. The molecule has 1 amide bonds. The van der Waals surface area contributed by atoms with Crippen molar-refractivity contribution in [1.82, 2.24) is 19.9 Å². The Labute approximate surface area is 151 Å². The number of aromatic nitrogens is 3. The zero-order chi connectivity index (χ0) is 17.6. The van der Waals surface area contributed by atoms with Crippen LogP contribution in [-0.2, 0) is 4.79 Å². The molecule has 25 heavy (non-hydrogen) atoms. The average Bonchev–Trinajstić information content (AvgIpc) is 2.66. The van der Waals surface area contributed by atoms with Crippen LogP contribution < -0.4 is 0 Å². The van der Waals surface area contributed by atoms with E-state index in [0.29, 0.717) is 23.9 Å². The molecule has 3 heterocycles. The standard InChI is InChI=1S/C18H20N4O2S/c1-13-7-9-20-18(21-13)25-12-16(23)22-10-4-5-14(11-22)17(24)15-6-2-3-8-19-15/h2-3,6-9,14H,4-5,10-12H2,1H3/t14-/m0/s1. The van der Waals surface area contributed by atoms with E-state index in [0.717, 1.165) is 18.5 Å². The van der Waals surface area contributed by atoms with Crippen molar-refractivity contribution in [3.05, 3.63) is 48.0 Å². The SMILES string of the molecule is Cc1ccnc(SCC(=O)N2CCC[C@H](C(=O)c3ccccn3)C2)n1. The number of amides is 1. The average molecular weight is 356 g/mol. The van der Waals surface area contributed by atoms with Crippen molar-refractivity contribution in [2.24, 2.45) is 5.92 Å². The van der Waals surface area contributed by atoms with Gasteiger partial charge in [0.15, 0.2) is 10.9 Å². The van der Waals surface area contributed by atoms with Crippen LogP contribution in [0.1, 0.15) is 29.0 Å². The van der Waals surface area contributed by atoms with Crippen molar-refractivity contribution in [2.75, 3.05) is 18.8 Å². The van der Waals surface area contributed by atoms with E-state index >= 15 is 0 Å². The molecule has 0 unspecified atom stereocenters. The Bertz CT molecular complexity index is 754. The smallest absolute Gasteiger partial charge is 0.233 e. The number of carbonyl (C=O) groups excluding carboxylic acids is 2. The molecule has 0 bridgehead atoms. The number of ketones is 1. The number of thioether (sulfide) groups is 1. The third kappa shape index (κ3) is 4.63. The summed E-state index contributed by atoms with van der Waals surface area (Å²) in [6.45, 7) is 3.05. The van der Waals surface area contributed by atoms with E-state index in [1.54, 1.807) is 29.4 Å². The first-order chi connectivity index (χ1) is 12.1. The van der Waals surface area contributed by atoms with Crippen LogP contribution in [0.15, 0.2) is 41.8 Å². The van der Waals surface area contributed by atoms with E-state index < -0.39 is 0 Å². The van der Waals surface area contributed by atoms with Crippen LogP contribution in [0.4, 0.5) is 0 Å². The van der Waals surface area contributed by atoms with Gasteiger partial charge in [-0.15, -0.1) is 0 Å². The van der Waals surface area contributed by atoms with Gasteiger partial charge in [-0.25, -0.2) is 9.97 Å². The van der Waals surface area contributed by atoms with Crippen molar-refractivity contribution < 1.29 is 9.59 Å². The van der Waals surface area contributed by atoms with E-state index in [1.807, 2.05) is 19.1 Å². The van der Waals surface area contributed by atoms with E-state index in [9.17, 15) is 9.59 Å². The fourth-order valence-corrected chi connectivity index (χ4v) is 3.63. The zero-order valence-electron chi connectivity index (χ0n) is 14.1. The predicted octanol–water partition coefficient (Wildman–Crippen LogP) is 2.39. The summed E-state index contributed by atoms with van der Waals surface area (Å²) in [4.78, 5) is 39.4. The summed E-state index contributed by atoms with van der Waals surface area (Å²) in [5, 5.41) is 0.603. The quantitative estimate of drug-likeness (QED) is 0.465. The predicted molar refractivity (Wildman–Crippen MR) is 95.4 cm³/mol. The van der Waals surface area contributed by atoms with Crippen molar-refractivity contribution >= 4 is 23.5 Å². The summed E-state index contributed by atoms with van der Waals surface area (Å²) >= 11 is 1.33. The molecule has 2 aromatic heterocycles. The van der Waals surface area contributed by atoms with E-state index in [-0.39, 0.29) is 23.4 Å². The minimum Gasteiger partial charge on any atom is -0.341 e. The Kier molecular flexibility index (Phi) is 5.75. The van der Waals surface area contributed by atoms with Gasteiger partial charge in [0.05, 0.1) is 5.75 Å². The van der Waals surface area contributed by atoms with Gasteiger partial charge in [0.2, 0.25) is 5.91 Å². The second kappa shape index (κ2) is 8.20. The second-order valence-electron chi connectivity index (χ2n) is 6.03. The Morgan fingerprint density at radius 1 is 1.24 bits per heavy atom. The fourth-order valence-electron chi connectivity index (χ4n) is 2.85. The zero-order valence-corrected chi connectivity index (χ0v) is 14.9. The first kappa shape index (κ1) is 17.5. The lowest BCUT2D eigenvalue weighted by Crippen LogP contribution is -2.43. The number of likely N-dealkylation sites (tertiary alicyclic amines) is 1. The highest BCUT2D eigenvalue weighted by Crippen LogP contribution is 2.22. The number of hydrogen-bond donors (Lipinski definition) is 0. The third-order valence-electron chi connectivity index (χ3n) is 4.16. The first-order valence-electron chi connectivity index (χ1n) is 8.29. The van der Waals surface area contributed by atoms with Gasteiger partial charge < -0.3 is 4.90 Å². The number of Topliss-reactive ketones (excluding diaryl/α,β-unsaturated/α-hetero) is 1. The Morgan fingerprint density at radius 3 is 2.88 bits per heavy atom. The molecule has 130 valence electrons. The van der Waals surface area contributed by atoms with E-state index in [4.69, 9.17) is 0 Å². The van der Waals surface area contributed by atoms with Crippen LogP contribution >= 0.6 is 11.8 Å². The highest BCUT2D eigenvalue weighted by molar-refractivity contribution is 7.99. The van der Waals surface area contributed by atoms with Gasteiger partial charge >= 0.3 is 0 Å². The number of rotatable bonds is 5. The van der Waals surface area contributed by atoms with Gasteiger partial charge in [-0.2, -0.15) is 0 Å². The highest BCUT2D eigenvalue weighted by atomic mass is 32.2. The molecule has 0 aromatic carbocycles. The van der Waals surface area contributed by atoms with Gasteiger partial charge in [0, 0.05) is 37.1 Å². The highest BCUT2D eigenvalue weighted by Gasteiger charge is 2.29. The Morgan fingerprint density at radius 2 is 2.12 bits per heavy atom. The normalized spacial score (nSPS) is 17.3. The van der Waals surface area contributed by atoms with Crippen LogP contribution in [0, 0.1) is 12.8 Å². The van der Waals surface area contributed by atoms with Gasteiger partial charge in [0.1, 0.15) is 5.69 Å². The lowest BCUT2D eigenvalue weighted by atomic mass is 9.92. The number of hydrogen-bond acceptors (Lipinski definition) is 6. The molecular formula is C18H20N4O2S. The minimum absolute atomic E-state index is 0.0211. The number of pyridine rings is 1. The Balaban J connectivity index is 1.57. The summed E-state index contributed by atoms with van der Waals surface area (Å²) in [5.74, 6) is 0.155. The molecule has 6 nitrogen and oxygen atoms in total. The lowest BCUT2D eigenvalue weighted by Gasteiger charge is -2.31. The van der Waals surface area contributed by atoms with Gasteiger partial charge in [-0.05, 0) is 38.0 Å². The summed E-state index contributed by atoms with van der Waals surface area (Å²) in [5.41, 5.74) is 1.35. The van der Waals surface area contributed by atoms with Crippen LogP contribution in [0.2, 0.25) is 0 Å². The van der Waals surface area contributed by atoms with Crippen molar-refractivity contribution in [1.29, 1.82) is 0 Å². The first-order valence-corrected chi connectivity index (χ1v) is 9.27. The van der Waals surface area contributed by atoms with Gasteiger partial charge in [0.25, 0.3) is 0 Å². The van der Waals surface area contributed by atoms with Crippen molar-refractivity contribution in [3.63, 3.8) is 0 Å². The number of piperidine rings is 1. The van der Waals surface area contributed by atoms with Crippen LogP contribution in [0.25, 0.3) is 0 Å². The van der Waals surface area contributed by atoms with Crippen LogP contribution in [0.3, 0.4) is 0 Å². The molecule has 3 rings (SSSR count). The molecule has 0 saturated carbocycles. The van der Waals surface area contributed by atoms with Crippen LogP contribution in [-0.4, -0.2) is 50.4 Å². The fraction of sp³-hybridized carbons (Fsp3) is 0.389. The summed E-state index contributed by atoms with van der Waals surface area (Å²) in [6.07, 6.45) is 4.95. The maximum Gasteiger partial charge on any atom is 0.233 e. The molecular weight excluding hydrogens is 336 g/mol. The molecule has 1 atom stereocenters. The second-order valence-corrected chi connectivity index (χ2v) is 6.97. The number of aryl methyl sites for hydroxylation is 1.